The molecule has 0 aliphatic rings. The molecule has 0 aliphatic carbocycles. The summed E-state index contributed by atoms with van der Waals surface area (Å²) in [6, 6.07) is 8.92. The van der Waals surface area contributed by atoms with Gasteiger partial charge in [-0.3, -0.25) is 4.79 Å². The Morgan fingerprint density at radius 1 is 1.28 bits per heavy atom. The Bertz CT molecular complexity index is 389. The standard InChI is InChI=1S/C14H19NO3/c1-3-18-14(17)11(2)15-10-9-13(16)12-7-5-4-6-8-12/h4-8,11,15H,3,9-10H2,1-2H3/p+1/t11-/m0/s1. The summed E-state index contributed by atoms with van der Waals surface area (Å²) in [4.78, 5) is 23.1. The first-order valence-electron chi connectivity index (χ1n) is 6.23. The highest BCUT2D eigenvalue weighted by Crippen LogP contribution is 2.01. The van der Waals surface area contributed by atoms with Crippen molar-refractivity contribution in [2.45, 2.75) is 26.3 Å². The Kier molecular flexibility index (Phi) is 6.08. The minimum Gasteiger partial charge on any atom is -0.462 e. The normalized spacial score (nSPS) is 11.9. The minimum absolute atomic E-state index is 0.0999. The minimum atomic E-state index is -0.256. The summed E-state index contributed by atoms with van der Waals surface area (Å²) >= 11 is 0. The van der Waals surface area contributed by atoms with Crippen LogP contribution in [0.1, 0.15) is 30.6 Å². The lowest BCUT2D eigenvalue weighted by molar-refractivity contribution is -0.673. The van der Waals surface area contributed by atoms with Crippen molar-refractivity contribution in [2.75, 3.05) is 13.2 Å². The predicted molar refractivity (Wildman–Crippen MR) is 68.3 cm³/mol. The van der Waals surface area contributed by atoms with Crippen LogP contribution in [0.2, 0.25) is 0 Å². The van der Waals surface area contributed by atoms with E-state index in [4.69, 9.17) is 4.74 Å². The molecule has 0 spiro atoms. The number of carbonyl (C=O) groups excluding carboxylic acids is 2. The van der Waals surface area contributed by atoms with E-state index >= 15 is 0 Å². The molecule has 1 aromatic rings. The Morgan fingerprint density at radius 3 is 2.56 bits per heavy atom. The molecule has 1 aromatic carbocycles. The van der Waals surface area contributed by atoms with Crippen molar-refractivity contribution >= 4 is 11.8 Å². The maximum absolute atomic E-state index is 11.8. The van der Waals surface area contributed by atoms with Crippen LogP contribution in [0.4, 0.5) is 0 Å². The smallest absolute Gasteiger partial charge is 0.364 e. The molecule has 4 nitrogen and oxygen atoms in total. The fraction of sp³-hybridized carbons (Fsp3) is 0.429. The van der Waals surface area contributed by atoms with E-state index in [-0.39, 0.29) is 17.8 Å². The Hall–Kier alpha value is -1.68. The van der Waals surface area contributed by atoms with Gasteiger partial charge in [-0.05, 0) is 13.8 Å². The van der Waals surface area contributed by atoms with E-state index in [1.165, 1.54) is 0 Å². The van der Waals surface area contributed by atoms with Gasteiger partial charge in [0.15, 0.2) is 11.8 Å². The maximum atomic E-state index is 11.8. The average Bonchev–Trinajstić information content (AvgIpc) is 2.39. The van der Waals surface area contributed by atoms with Gasteiger partial charge in [-0.1, -0.05) is 30.3 Å². The number of quaternary nitrogens is 1. The highest BCUT2D eigenvalue weighted by atomic mass is 16.5. The van der Waals surface area contributed by atoms with Gasteiger partial charge in [-0.25, -0.2) is 4.79 Å². The summed E-state index contributed by atoms with van der Waals surface area (Å²) < 4.78 is 4.89. The first kappa shape index (κ1) is 14.4. The summed E-state index contributed by atoms with van der Waals surface area (Å²) in [6.07, 6.45) is 0.424. The highest BCUT2D eigenvalue weighted by molar-refractivity contribution is 5.96. The molecule has 98 valence electrons. The molecule has 0 bridgehead atoms. The molecule has 4 heteroatoms. The number of Topliss-reactive ketones (excluding diaryl/α,β-unsaturated/α-hetero) is 1. The SMILES string of the molecule is CCOC(=O)[C@H](C)[NH2+]CCC(=O)c1ccccc1. The Morgan fingerprint density at radius 2 is 1.94 bits per heavy atom. The van der Waals surface area contributed by atoms with Crippen molar-refractivity contribution in [3.63, 3.8) is 0 Å². The van der Waals surface area contributed by atoms with E-state index in [1.807, 2.05) is 23.5 Å². The maximum Gasteiger partial charge on any atom is 0.364 e. The number of hydrogen-bond acceptors (Lipinski definition) is 3. The van der Waals surface area contributed by atoms with Crippen molar-refractivity contribution < 1.29 is 19.6 Å². The molecule has 0 aromatic heterocycles. The number of ether oxygens (including phenoxy) is 1. The van der Waals surface area contributed by atoms with Crippen molar-refractivity contribution in [2.24, 2.45) is 0 Å². The molecule has 0 aliphatic heterocycles. The van der Waals surface area contributed by atoms with Gasteiger partial charge < -0.3 is 10.1 Å². The molecular formula is C14H20NO3+. The van der Waals surface area contributed by atoms with Gasteiger partial charge >= 0.3 is 5.97 Å². The lowest BCUT2D eigenvalue weighted by atomic mass is 10.1. The van der Waals surface area contributed by atoms with E-state index in [2.05, 4.69) is 0 Å². The van der Waals surface area contributed by atoms with E-state index in [9.17, 15) is 9.59 Å². The molecule has 0 fully saturated rings. The summed E-state index contributed by atoms with van der Waals surface area (Å²) in [5.74, 6) is -0.132. The molecule has 0 saturated heterocycles. The van der Waals surface area contributed by atoms with Crippen LogP contribution >= 0.6 is 0 Å². The second-order valence-electron chi connectivity index (χ2n) is 4.10. The Balaban J connectivity index is 2.30. The molecule has 1 rings (SSSR count). The highest BCUT2D eigenvalue weighted by Gasteiger charge is 2.17. The van der Waals surface area contributed by atoms with Crippen LogP contribution in [0.15, 0.2) is 30.3 Å². The number of rotatable bonds is 7. The van der Waals surface area contributed by atoms with E-state index < -0.39 is 0 Å². The van der Waals surface area contributed by atoms with E-state index in [1.54, 1.807) is 26.0 Å². The van der Waals surface area contributed by atoms with Crippen LogP contribution in [0.25, 0.3) is 0 Å². The zero-order chi connectivity index (χ0) is 13.4. The number of esters is 1. The van der Waals surface area contributed by atoms with Crippen LogP contribution < -0.4 is 5.32 Å². The average molecular weight is 250 g/mol. The molecule has 0 unspecified atom stereocenters. The summed E-state index contributed by atoms with van der Waals surface area (Å²) in [5, 5.41) is 1.83. The third-order valence-corrected chi connectivity index (χ3v) is 2.65. The van der Waals surface area contributed by atoms with Crippen molar-refractivity contribution in [1.29, 1.82) is 0 Å². The van der Waals surface area contributed by atoms with Gasteiger partial charge in [0.1, 0.15) is 0 Å². The molecule has 1 atom stereocenters. The number of ketones is 1. The second kappa shape index (κ2) is 7.61. The Labute approximate surface area is 107 Å². The second-order valence-corrected chi connectivity index (χ2v) is 4.10. The fourth-order valence-corrected chi connectivity index (χ4v) is 1.60. The van der Waals surface area contributed by atoms with Crippen molar-refractivity contribution in [3.8, 4) is 0 Å². The van der Waals surface area contributed by atoms with Crippen molar-refractivity contribution in [1.82, 2.24) is 0 Å². The number of carbonyl (C=O) groups is 2. The lowest BCUT2D eigenvalue weighted by Crippen LogP contribution is -2.91. The number of hydrogen-bond donors (Lipinski definition) is 1. The summed E-state index contributed by atoms with van der Waals surface area (Å²) in [5.41, 5.74) is 0.717. The molecule has 18 heavy (non-hydrogen) atoms. The first-order valence-corrected chi connectivity index (χ1v) is 6.23. The van der Waals surface area contributed by atoms with Crippen LogP contribution in [-0.4, -0.2) is 30.9 Å². The molecule has 0 saturated carbocycles. The molecule has 0 amide bonds. The molecular weight excluding hydrogens is 230 g/mol. The van der Waals surface area contributed by atoms with Crippen LogP contribution in [0, 0.1) is 0 Å². The third-order valence-electron chi connectivity index (χ3n) is 2.65. The zero-order valence-electron chi connectivity index (χ0n) is 10.9. The zero-order valence-corrected chi connectivity index (χ0v) is 10.9. The van der Waals surface area contributed by atoms with Gasteiger partial charge in [0.25, 0.3) is 0 Å². The van der Waals surface area contributed by atoms with Gasteiger partial charge in [-0.2, -0.15) is 0 Å². The first-order chi connectivity index (χ1) is 8.65. The summed E-state index contributed by atoms with van der Waals surface area (Å²) in [6.45, 7) is 4.54. The molecule has 2 N–H and O–H groups in total. The molecule has 0 radical (unpaired) electrons. The summed E-state index contributed by atoms with van der Waals surface area (Å²) in [7, 11) is 0. The van der Waals surface area contributed by atoms with Crippen molar-refractivity contribution in [3.05, 3.63) is 35.9 Å². The topological polar surface area (TPSA) is 60.0 Å². The quantitative estimate of drug-likeness (QED) is 0.574. The third kappa shape index (κ3) is 4.67. The lowest BCUT2D eigenvalue weighted by Gasteiger charge is -2.09. The van der Waals surface area contributed by atoms with Gasteiger partial charge in [0.05, 0.1) is 19.6 Å². The van der Waals surface area contributed by atoms with Gasteiger partial charge in [0.2, 0.25) is 0 Å². The van der Waals surface area contributed by atoms with E-state index in [0.717, 1.165) is 5.56 Å². The largest absolute Gasteiger partial charge is 0.462 e. The molecule has 0 heterocycles. The van der Waals surface area contributed by atoms with Crippen LogP contribution in [-0.2, 0) is 9.53 Å². The number of nitrogens with two attached hydrogens (primary N) is 1. The van der Waals surface area contributed by atoms with Gasteiger partial charge in [-0.15, -0.1) is 0 Å². The number of benzene rings is 1. The predicted octanol–water partition coefficient (Wildman–Crippen LogP) is 0.774. The monoisotopic (exact) mass is 250 g/mol. The van der Waals surface area contributed by atoms with Crippen LogP contribution in [0.5, 0.6) is 0 Å². The van der Waals surface area contributed by atoms with Crippen LogP contribution in [0.3, 0.4) is 0 Å². The van der Waals surface area contributed by atoms with E-state index in [0.29, 0.717) is 19.6 Å². The van der Waals surface area contributed by atoms with Gasteiger partial charge in [0, 0.05) is 5.56 Å². The fourth-order valence-electron chi connectivity index (χ4n) is 1.60.